The van der Waals surface area contributed by atoms with Crippen molar-refractivity contribution in [1.82, 2.24) is 10.2 Å². The van der Waals surface area contributed by atoms with Crippen LogP contribution >= 0.6 is 0 Å². The van der Waals surface area contributed by atoms with Crippen molar-refractivity contribution in [3.8, 4) is 0 Å². The Labute approximate surface area is 141 Å². The van der Waals surface area contributed by atoms with Crippen molar-refractivity contribution < 1.29 is 13.2 Å². The van der Waals surface area contributed by atoms with Gasteiger partial charge >= 0.3 is 0 Å². The number of hydrogen-bond donors (Lipinski definition) is 1. The van der Waals surface area contributed by atoms with E-state index in [1.165, 1.54) is 6.26 Å². The summed E-state index contributed by atoms with van der Waals surface area (Å²) in [7, 11) is -1.31. The van der Waals surface area contributed by atoms with Gasteiger partial charge in [0.1, 0.15) is 0 Å². The molecule has 1 amide bonds. The lowest BCUT2D eigenvalue weighted by Crippen LogP contribution is -2.49. The van der Waals surface area contributed by atoms with Crippen molar-refractivity contribution in [3.05, 3.63) is 0 Å². The molecule has 3 atom stereocenters. The molecule has 1 N–H and O–H groups in total. The number of piperidine rings is 1. The second-order valence-corrected chi connectivity index (χ2v) is 9.76. The molecule has 3 unspecified atom stereocenters. The van der Waals surface area contributed by atoms with E-state index >= 15 is 0 Å². The molecule has 2 fully saturated rings. The minimum Gasteiger partial charge on any atom is -0.341 e. The second kappa shape index (κ2) is 7.97. The molecular weight excluding hydrogens is 312 g/mol. The number of carbonyl (C=O) groups is 1. The zero-order chi connectivity index (χ0) is 17.0. The normalized spacial score (nSPS) is 28.3. The van der Waals surface area contributed by atoms with Crippen LogP contribution in [-0.2, 0) is 14.6 Å². The van der Waals surface area contributed by atoms with Gasteiger partial charge in [0, 0.05) is 25.8 Å². The molecule has 0 aromatic rings. The SMILES string of the molecule is CC(CC(=O)N(C)C1CCCCC1S(C)(=O)=O)C1CCNCC1. The topological polar surface area (TPSA) is 66.5 Å². The third-order valence-corrected chi connectivity index (χ3v) is 7.44. The minimum absolute atomic E-state index is 0.108. The summed E-state index contributed by atoms with van der Waals surface area (Å²) >= 11 is 0. The minimum atomic E-state index is -3.10. The van der Waals surface area contributed by atoms with E-state index < -0.39 is 9.84 Å². The highest BCUT2D eigenvalue weighted by Gasteiger charge is 2.37. The average Bonchev–Trinajstić information content (AvgIpc) is 2.54. The molecule has 2 rings (SSSR count). The number of sulfone groups is 1. The number of hydrogen-bond acceptors (Lipinski definition) is 4. The van der Waals surface area contributed by atoms with Gasteiger partial charge in [-0.15, -0.1) is 0 Å². The molecule has 1 heterocycles. The number of amides is 1. The quantitative estimate of drug-likeness (QED) is 0.826. The summed E-state index contributed by atoms with van der Waals surface area (Å²) in [4.78, 5) is 14.4. The molecule has 0 spiro atoms. The van der Waals surface area contributed by atoms with E-state index in [-0.39, 0.29) is 17.2 Å². The third-order valence-electron chi connectivity index (χ3n) is 5.79. The Hall–Kier alpha value is -0.620. The van der Waals surface area contributed by atoms with Crippen LogP contribution in [0.2, 0.25) is 0 Å². The van der Waals surface area contributed by atoms with E-state index in [0.29, 0.717) is 24.7 Å². The predicted molar refractivity (Wildman–Crippen MR) is 93.0 cm³/mol. The lowest BCUT2D eigenvalue weighted by molar-refractivity contribution is -0.133. The molecule has 134 valence electrons. The molecule has 1 aliphatic carbocycles. The highest BCUT2D eigenvalue weighted by molar-refractivity contribution is 7.91. The van der Waals surface area contributed by atoms with Crippen LogP contribution in [0.5, 0.6) is 0 Å². The maximum absolute atomic E-state index is 12.7. The largest absolute Gasteiger partial charge is 0.341 e. The molecule has 2 aliphatic rings. The van der Waals surface area contributed by atoms with Crippen molar-refractivity contribution in [2.24, 2.45) is 11.8 Å². The third kappa shape index (κ3) is 4.92. The molecule has 1 aliphatic heterocycles. The van der Waals surface area contributed by atoms with Crippen molar-refractivity contribution >= 4 is 15.7 Å². The first-order valence-electron chi connectivity index (χ1n) is 8.96. The summed E-state index contributed by atoms with van der Waals surface area (Å²) < 4.78 is 24.1. The molecule has 0 aromatic heterocycles. The summed E-state index contributed by atoms with van der Waals surface area (Å²) in [6, 6.07) is -0.147. The Balaban J connectivity index is 1.97. The van der Waals surface area contributed by atoms with E-state index in [0.717, 1.165) is 45.2 Å². The summed E-state index contributed by atoms with van der Waals surface area (Å²) in [6.45, 7) is 4.24. The molecule has 0 radical (unpaired) electrons. The summed E-state index contributed by atoms with van der Waals surface area (Å²) in [5.74, 6) is 1.08. The van der Waals surface area contributed by atoms with Crippen LogP contribution in [-0.4, -0.2) is 56.9 Å². The fraction of sp³-hybridized carbons (Fsp3) is 0.941. The standard InChI is InChI=1S/C17H32N2O3S/c1-13(14-8-10-18-11-9-14)12-17(20)19(2)15-6-4-5-7-16(15)23(3,21)22/h13-16,18H,4-12H2,1-3H3. The van der Waals surface area contributed by atoms with Gasteiger partial charge < -0.3 is 10.2 Å². The molecular formula is C17H32N2O3S. The highest BCUT2D eigenvalue weighted by Crippen LogP contribution is 2.29. The lowest BCUT2D eigenvalue weighted by Gasteiger charge is -2.38. The van der Waals surface area contributed by atoms with Gasteiger partial charge in [0.15, 0.2) is 9.84 Å². The molecule has 6 heteroatoms. The van der Waals surface area contributed by atoms with Crippen molar-refractivity contribution in [1.29, 1.82) is 0 Å². The molecule has 5 nitrogen and oxygen atoms in total. The molecule has 1 saturated carbocycles. The first-order chi connectivity index (χ1) is 10.8. The highest BCUT2D eigenvalue weighted by atomic mass is 32.2. The van der Waals surface area contributed by atoms with E-state index in [1.807, 2.05) is 0 Å². The Morgan fingerprint density at radius 3 is 2.39 bits per heavy atom. The van der Waals surface area contributed by atoms with Gasteiger partial charge in [-0.2, -0.15) is 0 Å². The van der Waals surface area contributed by atoms with Crippen LogP contribution in [0, 0.1) is 11.8 Å². The van der Waals surface area contributed by atoms with E-state index in [2.05, 4.69) is 12.2 Å². The maximum Gasteiger partial charge on any atom is 0.222 e. The van der Waals surface area contributed by atoms with Gasteiger partial charge in [-0.05, 0) is 50.6 Å². The number of nitrogens with zero attached hydrogens (tertiary/aromatic N) is 1. The Bertz CT molecular complexity index is 500. The maximum atomic E-state index is 12.7. The van der Waals surface area contributed by atoms with Crippen LogP contribution in [0.25, 0.3) is 0 Å². The summed E-state index contributed by atoms with van der Waals surface area (Å²) in [6.07, 6.45) is 7.56. The second-order valence-electron chi connectivity index (χ2n) is 7.49. The zero-order valence-electron chi connectivity index (χ0n) is 14.8. The van der Waals surface area contributed by atoms with Gasteiger partial charge in [-0.1, -0.05) is 19.8 Å². The van der Waals surface area contributed by atoms with Gasteiger partial charge in [0.2, 0.25) is 5.91 Å². The Kier molecular flexibility index (Phi) is 6.48. The van der Waals surface area contributed by atoms with Crippen LogP contribution in [0.3, 0.4) is 0 Å². The smallest absolute Gasteiger partial charge is 0.222 e. The summed E-state index contributed by atoms with van der Waals surface area (Å²) in [5.41, 5.74) is 0. The fourth-order valence-electron chi connectivity index (χ4n) is 4.20. The van der Waals surface area contributed by atoms with Crippen molar-refractivity contribution in [2.75, 3.05) is 26.4 Å². The predicted octanol–water partition coefficient (Wildman–Crippen LogP) is 1.83. The average molecular weight is 345 g/mol. The van der Waals surface area contributed by atoms with Crippen LogP contribution in [0.1, 0.15) is 51.9 Å². The van der Waals surface area contributed by atoms with Crippen molar-refractivity contribution in [3.63, 3.8) is 0 Å². The zero-order valence-corrected chi connectivity index (χ0v) is 15.6. The molecule has 1 saturated heterocycles. The first-order valence-corrected chi connectivity index (χ1v) is 10.9. The Morgan fingerprint density at radius 1 is 1.17 bits per heavy atom. The van der Waals surface area contributed by atoms with Crippen LogP contribution in [0.15, 0.2) is 0 Å². The summed E-state index contributed by atoms with van der Waals surface area (Å²) in [5, 5.41) is 2.97. The molecule has 0 bridgehead atoms. The van der Waals surface area contributed by atoms with Gasteiger partial charge in [-0.25, -0.2) is 8.42 Å². The monoisotopic (exact) mass is 344 g/mol. The Morgan fingerprint density at radius 2 is 1.78 bits per heavy atom. The van der Waals surface area contributed by atoms with E-state index in [4.69, 9.17) is 0 Å². The van der Waals surface area contributed by atoms with Gasteiger partial charge in [0.05, 0.1) is 5.25 Å². The first kappa shape index (κ1) is 18.7. The van der Waals surface area contributed by atoms with Crippen LogP contribution < -0.4 is 5.32 Å². The fourth-order valence-corrected chi connectivity index (χ4v) is 5.69. The molecule has 23 heavy (non-hydrogen) atoms. The van der Waals surface area contributed by atoms with E-state index in [1.54, 1.807) is 11.9 Å². The van der Waals surface area contributed by atoms with Crippen molar-refractivity contribution in [2.45, 2.75) is 63.2 Å². The number of nitrogens with one attached hydrogen (secondary N) is 1. The lowest BCUT2D eigenvalue weighted by atomic mass is 9.83. The van der Waals surface area contributed by atoms with Gasteiger partial charge in [-0.3, -0.25) is 4.79 Å². The van der Waals surface area contributed by atoms with Gasteiger partial charge in [0.25, 0.3) is 0 Å². The molecule has 0 aromatic carbocycles. The van der Waals surface area contributed by atoms with Crippen LogP contribution in [0.4, 0.5) is 0 Å². The van der Waals surface area contributed by atoms with E-state index in [9.17, 15) is 13.2 Å². The number of rotatable bonds is 5. The number of carbonyl (C=O) groups excluding carboxylic acids is 1.